The maximum Gasteiger partial charge on any atom is 0.129 e. The summed E-state index contributed by atoms with van der Waals surface area (Å²) in [5, 5.41) is 22.0. The van der Waals surface area contributed by atoms with Crippen molar-refractivity contribution in [2.24, 2.45) is 47.3 Å². The van der Waals surface area contributed by atoms with Gasteiger partial charge in [-0.25, -0.2) is 0 Å². The minimum Gasteiger partial charge on any atom is -0.192 e. The summed E-state index contributed by atoms with van der Waals surface area (Å²) in [4.78, 5) is 0. The molecule has 10 atom stereocenters. The Hall–Kier alpha value is -2.58. The Kier molecular flexibility index (Phi) is 2.79. The highest BCUT2D eigenvalue weighted by Gasteiger charge is 2.72. The molecular weight excluding hydrogens is 364 g/mol. The fraction of sp³-hybridized carbons (Fsp3) is 0.500. The van der Waals surface area contributed by atoms with Crippen molar-refractivity contribution < 1.29 is 0 Å². The fourth-order valence-corrected chi connectivity index (χ4v) is 10.3. The van der Waals surface area contributed by atoms with Crippen LogP contribution < -0.4 is 0 Å². The summed E-state index contributed by atoms with van der Waals surface area (Å²) in [6.07, 6.45) is 5.26. The molecule has 5 saturated carbocycles. The molecule has 8 rings (SSSR count). The Morgan fingerprint density at radius 2 is 1.20 bits per heavy atom. The van der Waals surface area contributed by atoms with Crippen LogP contribution in [0, 0.1) is 70.0 Å². The second-order valence-electron chi connectivity index (χ2n) is 11.0. The summed E-state index contributed by atoms with van der Waals surface area (Å²) >= 11 is 0. The zero-order chi connectivity index (χ0) is 19.7. The predicted octanol–water partition coefficient (Wildman–Crippen LogP) is 5.92. The van der Waals surface area contributed by atoms with Crippen LogP contribution in [0.2, 0.25) is 0 Å². The molecule has 2 nitrogen and oxygen atoms in total. The first-order valence-electron chi connectivity index (χ1n) is 11.9. The zero-order valence-electron chi connectivity index (χ0n) is 17.0. The highest BCUT2D eigenvalue weighted by atomic mass is 14.8. The molecule has 0 spiro atoms. The first-order valence-corrected chi connectivity index (χ1v) is 11.9. The molecule has 0 saturated heterocycles. The third-order valence-corrected chi connectivity index (χ3v) is 10.6. The number of benzene rings is 2. The highest BCUT2D eigenvalue weighted by molar-refractivity contribution is 5.85. The van der Waals surface area contributed by atoms with E-state index in [2.05, 4.69) is 48.5 Å². The van der Waals surface area contributed by atoms with Crippen molar-refractivity contribution in [1.29, 1.82) is 10.5 Å². The lowest BCUT2D eigenvalue weighted by molar-refractivity contribution is 0.0563. The third-order valence-electron chi connectivity index (χ3n) is 10.6. The van der Waals surface area contributed by atoms with E-state index in [1.165, 1.54) is 42.0 Å². The van der Waals surface area contributed by atoms with Crippen LogP contribution in [0.25, 0.3) is 10.8 Å². The van der Waals surface area contributed by atoms with Crippen molar-refractivity contribution in [3.63, 3.8) is 0 Å². The average Bonchev–Trinajstić information content (AvgIpc) is 3.58. The molecule has 2 aromatic rings. The van der Waals surface area contributed by atoms with Gasteiger partial charge in [0.25, 0.3) is 0 Å². The molecule has 6 aliphatic rings. The minimum atomic E-state index is 0.471. The number of allylic oxidation sites excluding steroid dienone is 2. The molecule has 146 valence electrons. The summed E-state index contributed by atoms with van der Waals surface area (Å²) in [6.45, 7) is 0. The van der Waals surface area contributed by atoms with Gasteiger partial charge in [0.15, 0.2) is 0 Å². The Bertz CT molecular complexity index is 1160. The van der Waals surface area contributed by atoms with Gasteiger partial charge in [-0.2, -0.15) is 10.5 Å². The summed E-state index contributed by atoms with van der Waals surface area (Å²) in [7, 11) is 0. The second kappa shape index (κ2) is 5.18. The number of hydrogen-bond acceptors (Lipinski definition) is 2. The van der Waals surface area contributed by atoms with Crippen molar-refractivity contribution in [2.75, 3.05) is 0 Å². The number of hydrogen-bond donors (Lipinski definition) is 0. The van der Waals surface area contributed by atoms with Gasteiger partial charge in [-0.05, 0) is 112 Å². The van der Waals surface area contributed by atoms with Gasteiger partial charge in [-0.3, -0.25) is 0 Å². The molecular formula is C28H24N2. The molecule has 0 radical (unpaired) electrons. The largest absolute Gasteiger partial charge is 0.192 e. The van der Waals surface area contributed by atoms with Crippen LogP contribution in [0.4, 0.5) is 0 Å². The monoisotopic (exact) mass is 388 g/mol. The molecule has 30 heavy (non-hydrogen) atoms. The van der Waals surface area contributed by atoms with Gasteiger partial charge in [0.05, 0.1) is 0 Å². The molecule has 5 fully saturated rings. The van der Waals surface area contributed by atoms with Gasteiger partial charge in [-0.1, -0.05) is 36.4 Å². The lowest BCUT2D eigenvalue weighted by atomic mass is 9.59. The molecule has 0 aliphatic heterocycles. The van der Waals surface area contributed by atoms with Crippen molar-refractivity contribution in [3.05, 3.63) is 58.7 Å². The third kappa shape index (κ3) is 1.60. The number of fused-ring (bicyclic) bond motifs is 20. The molecule has 0 aromatic heterocycles. The Morgan fingerprint density at radius 3 is 1.70 bits per heavy atom. The maximum atomic E-state index is 9.60. The molecule has 6 aliphatic carbocycles. The van der Waals surface area contributed by atoms with E-state index < -0.39 is 0 Å². The zero-order valence-corrected chi connectivity index (χ0v) is 17.0. The fourth-order valence-electron chi connectivity index (χ4n) is 10.3. The van der Waals surface area contributed by atoms with Crippen LogP contribution in [0.1, 0.15) is 48.6 Å². The van der Waals surface area contributed by atoms with Gasteiger partial charge in [0.2, 0.25) is 0 Å². The highest BCUT2D eigenvalue weighted by Crippen LogP contribution is 2.79. The van der Waals surface area contributed by atoms with Gasteiger partial charge in [-0.15, -0.1) is 0 Å². The summed E-state index contributed by atoms with van der Waals surface area (Å²) in [5.74, 6) is 7.54. The van der Waals surface area contributed by atoms with E-state index in [1.54, 1.807) is 11.1 Å². The maximum absolute atomic E-state index is 9.60. The average molecular weight is 389 g/mol. The number of rotatable bonds is 0. The van der Waals surface area contributed by atoms with Gasteiger partial charge in [0.1, 0.15) is 17.7 Å². The van der Waals surface area contributed by atoms with Crippen LogP contribution in [0.15, 0.2) is 47.5 Å². The van der Waals surface area contributed by atoms with Gasteiger partial charge < -0.3 is 0 Å². The molecule has 6 bridgehead atoms. The minimum absolute atomic E-state index is 0.471. The molecule has 0 N–H and O–H groups in total. The van der Waals surface area contributed by atoms with Crippen molar-refractivity contribution in [2.45, 2.75) is 37.5 Å². The Labute approximate surface area is 177 Å². The topological polar surface area (TPSA) is 47.6 Å². The van der Waals surface area contributed by atoms with E-state index in [0.29, 0.717) is 17.4 Å². The van der Waals surface area contributed by atoms with Crippen LogP contribution >= 0.6 is 0 Å². The molecule has 0 unspecified atom stereocenters. The summed E-state index contributed by atoms with van der Waals surface area (Å²) in [5.41, 5.74) is 5.09. The van der Waals surface area contributed by atoms with Crippen LogP contribution in [0.3, 0.4) is 0 Å². The first kappa shape index (κ1) is 16.2. The van der Waals surface area contributed by atoms with E-state index in [-0.39, 0.29) is 0 Å². The van der Waals surface area contributed by atoms with Gasteiger partial charge >= 0.3 is 0 Å². The number of nitriles is 2. The van der Waals surface area contributed by atoms with Crippen LogP contribution in [-0.2, 0) is 0 Å². The smallest absolute Gasteiger partial charge is 0.129 e. The number of nitrogens with zero attached hydrogens (tertiary/aromatic N) is 2. The van der Waals surface area contributed by atoms with E-state index in [9.17, 15) is 10.5 Å². The van der Waals surface area contributed by atoms with E-state index in [4.69, 9.17) is 0 Å². The molecule has 0 amide bonds. The Balaban J connectivity index is 1.26. The van der Waals surface area contributed by atoms with E-state index in [0.717, 1.165) is 47.3 Å². The molecule has 0 heterocycles. The lowest BCUT2D eigenvalue weighted by Gasteiger charge is -2.45. The lowest BCUT2D eigenvalue weighted by Crippen LogP contribution is -2.40. The first-order chi connectivity index (χ1) is 14.8. The summed E-state index contributed by atoms with van der Waals surface area (Å²) in [6, 6.07) is 18.4. The van der Waals surface area contributed by atoms with Gasteiger partial charge in [0, 0.05) is 0 Å². The quantitative estimate of drug-likeness (QED) is 0.415. The molecule has 2 aromatic carbocycles. The standard InChI is InChI=1S/C28H24N2/c29-11-15(12-30)24-16-5-6-17(24)26-23-10-22(25(16)26)27-20-9-21(28(23)27)19-8-14-4-2-1-3-13(14)7-18(19)20/h1-4,7-8,16-17,20-23,25-28H,5-6,9-10H2/t16-,17+,20+,21-,22-,23+,25+,26-,27-,28+. The Morgan fingerprint density at radius 1 is 0.700 bits per heavy atom. The second-order valence-corrected chi connectivity index (χ2v) is 11.0. The normalized spacial score (nSPS) is 45.3. The summed E-state index contributed by atoms with van der Waals surface area (Å²) < 4.78 is 0. The van der Waals surface area contributed by atoms with Crippen LogP contribution in [-0.4, -0.2) is 0 Å². The molecule has 2 heteroatoms. The van der Waals surface area contributed by atoms with Crippen molar-refractivity contribution in [1.82, 2.24) is 0 Å². The SMILES string of the molecule is N#CC(C#N)=C1[C@H]2CC[C@@H]1[C@@H]1[C@@H]3C[C@@H]([C@@H]4[C@H]3[C@@H]3C[C@H]4c4cc5ccccc5cc43)[C@@H]12. The van der Waals surface area contributed by atoms with E-state index in [1.807, 2.05) is 0 Å². The van der Waals surface area contributed by atoms with Crippen molar-refractivity contribution in [3.8, 4) is 12.1 Å². The van der Waals surface area contributed by atoms with Crippen LogP contribution in [0.5, 0.6) is 0 Å². The predicted molar refractivity (Wildman–Crippen MR) is 114 cm³/mol. The van der Waals surface area contributed by atoms with Crippen molar-refractivity contribution >= 4 is 10.8 Å². The van der Waals surface area contributed by atoms with E-state index >= 15 is 0 Å².